The third-order valence-electron chi connectivity index (χ3n) is 3.58. The molecule has 1 nitrogen and oxygen atoms in total. The zero-order valence-corrected chi connectivity index (χ0v) is 11.2. The first kappa shape index (κ1) is 11.6. The molecule has 0 N–H and O–H groups in total. The van der Waals surface area contributed by atoms with Crippen molar-refractivity contribution in [3.05, 3.63) is 59.7 Å². The van der Waals surface area contributed by atoms with Gasteiger partial charge >= 0.3 is 0 Å². The van der Waals surface area contributed by atoms with Crippen molar-refractivity contribution in [2.24, 2.45) is 0 Å². The Morgan fingerprint density at radius 3 is 2.56 bits per heavy atom. The second-order valence-corrected chi connectivity index (χ2v) is 5.12. The van der Waals surface area contributed by atoms with Gasteiger partial charge in [0.05, 0.1) is 0 Å². The summed E-state index contributed by atoms with van der Waals surface area (Å²) in [6.07, 6.45) is 1.12. The maximum atomic E-state index is 5.84. The van der Waals surface area contributed by atoms with Gasteiger partial charge < -0.3 is 4.90 Å². The van der Waals surface area contributed by atoms with Crippen LogP contribution in [0.3, 0.4) is 0 Å². The predicted molar refractivity (Wildman–Crippen MR) is 77.7 cm³/mol. The molecular weight excluding hydrogens is 242 g/mol. The van der Waals surface area contributed by atoms with Crippen molar-refractivity contribution in [3.8, 4) is 0 Å². The minimum absolute atomic E-state index is 0.518. The van der Waals surface area contributed by atoms with Gasteiger partial charge in [0.1, 0.15) is 0 Å². The summed E-state index contributed by atoms with van der Waals surface area (Å²) in [4.78, 5) is 2.41. The van der Waals surface area contributed by atoms with Crippen LogP contribution in [0.4, 0.5) is 11.4 Å². The van der Waals surface area contributed by atoms with Crippen molar-refractivity contribution in [2.45, 2.75) is 25.3 Å². The van der Waals surface area contributed by atoms with Gasteiger partial charge in [-0.25, -0.2) is 0 Å². The Balaban J connectivity index is 2.00. The van der Waals surface area contributed by atoms with E-state index in [1.807, 2.05) is 0 Å². The molecule has 92 valence electrons. The van der Waals surface area contributed by atoms with Crippen LogP contribution < -0.4 is 4.90 Å². The lowest BCUT2D eigenvalue weighted by Gasteiger charge is -2.25. The van der Waals surface area contributed by atoms with Crippen LogP contribution in [0.15, 0.2) is 48.5 Å². The average molecular weight is 258 g/mol. The van der Waals surface area contributed by atoms with Crippen LogP contribution in [-0.2, 0) is 12.3 Å². The second kappa shape index (κ2) is 4.66. The smallest absolute Gasteiger partial charge is 0.0474 e. The summed E-state index contributed by atoms with van der Waals surface area (Å²) in [5, 5.41) is 0. The van der Waals surface area contributed by atoms with Crippen molar-refractivity contribution in [1.29, 1.82) is 0 Å². The van der Waals surface area contributed by atoms with Crippen LogP contribution in [-0.4, -0.2) is 6.04 Å². The minimum Gasteiger partial charge on any atom is -0.338 e. The van der Waals surface area contributed by atoms with Crippen LogP contribution in [0.1, 0.15) is 18.1 Å². The van der Waals surface area contributed by atoms with E-state index in [4.69, 9.17) is 11.6 Å². The third-order valence-corrected chi connectivity index (χ3v) is 3.88. The first-order valence-corrected chi connectivity index (χ1v) is 6.85. The number of hydrogen-bond acceptors (Lipinski definition) is 1. The van der Waals surface area contributed by atoms with E-state index in [0.717, 1.165) is 6.42 Å². The van der Waals surface area contributed by atoms with E-state index in [-0.39, 0.29) is 0 Å². The zero-order chi connectivity index (χ0) is 12.5. The summed E-state index contributed by atoms with van der Waals surface area (Å²) in [6.45, 7) is 2.27. The summed E-state index contributed by atoms with van der Waals surface area (Å²) < 4.78 is 0. The maximum Gasteiger partial charge on any atom is 0.0474 e. The highest BCUT2D eigenvalue weighted by Crippen LogP contribution is 2.37. The van der Waals surface area contributed by atoms with E-state index >= 15 is 0 Å². The molecule has 0 saturated carbocycles. The van der Waals surface area contributed by atoms with Crippen molar-refractivity contribution in [2.75, 3.05) is 4.90 Å². The van der Waals surface area contributed by atoms with Crippen molar-refractivity contribution >= 4 is 23.0 Å². The zero-order valence-electron chi connectivity index (χ0n) is 10.4. The number of halogens is 1. The number of benzene rings is 2. The van der Waals surface area contributed by atoms with Crippen molar-refractivity contribution < 1.29 is 0 Å². The van der Waals surface area contributed by atoms with Gasteiger partial charge in [-0.1, -0.05) is 30.3 Å². The largest absolute Gasteiger partial charge is 0.338 e. The summed E-state index contributed by atoms with van der Waals surface area (Å²) >= 11 is 5.84. The Morgan fingerprint density at radius 2 is 1.83 bits per heavy atom. The van der Waals surface area contributed by atoms with E-state index in [1.165, 1.54) is 22.5 Å². The van der Waals surface area contributed by atoms with Gasteiger partial charge in [-0.05, 0) is 42.7 Å². The summed E-state index contributed by atoms with van der Waals surface area (Å²) in [7, 11) is 0. The molecule has 2 heteroatoms. The highest BCUT2D eigenvalue weighted by molar-refractivity contribution is 6.17. The topological polar surface area (TPSA) is 3.24 Å². The van der Waals surface area contributed by atoms with Gasteiger partial charge in [-0.2, -0.15) is 0 Å². The van der Waals surface area contributed by atoms with Gasteiger partial charge in [-0.15, -0.1) is 11.6 Å². The molecule has 3 rings (SSSR count). The number of alkyl halides is 1. The molecule has 1 aliphatic rings. The SMILES string of the molecule is CC1Cc2ccccc2N1c1ccc(CCl)cc1. The molecule has 0 amide bonds. The quantitative estimate of drug-likeness (QED) is 0.716. The Labute approximate surface area is 113 Å². The fourth-order valence-electron chi connectivity index (χ4n) is 2.70. The highest BCUT2D eigenvalue weighted by Gasteiger charge is 2.26. The Hall–Kier alpha value is -1.47. The molecule has 2 aromatic carbocycles. The fourth-order valence-corrected chi connectivity index (χ4v) is 2.88. The molecule has 18 heavy (non-hydrogen) atoms. The van der Waals surface area contributed by atoms with Crippen molar-refractivity contribution in [3.63, 3.8) is 0 Å². The molecule has 1 aliphatic heterocycles. The van der Waals surface area contributed by atoms with Crippen LogP contribution in [0.5, 0.6) is 0 Å². The highest BCUT2D eigenvalue weighted by atomic mass is 35.5. The minimum atomic E-state index is 0.518. The molecule has 1 heterocycles. The second-order valence-electron chi connectivity index (χ2n) is 4.85. The molecule has 2 aromatic rings. The summed E-state index contributed by atoms with van der Waals surface area (Å²) in [5.74, 6) is 0.576. The average Bonchev–Trinajstić information content (AvgIpc) is 2.75. The lowest BCUT2D eigenvalue weighted by atomic mass is 10.1. The Bertz CT molecular complexity index is 547. The van der Waals surface area contributed by atoms with Crippen LogP contribution in [0.25, 0.3) is 0 Å². The van der Waals surface area contributed by atoms with E-state index < -0.39 is 0 Å². The Kier molecular flexibility index (Phi) is 3.00. The maximum absolute atomic E-state index is 5.84. The molecule has 0 bridgehead atoms. The molecule has 0 fully saturated rings. The Morgan fingerprint density at radius 1 is 1.11 bits per heavy atom. The first-order chi connectivity index (χ1) is 8.79. The number of anilines is 2. The lowest BCUT2D eigenvalue weighted by Crippen LogP contribution is -2.23. The van der Waals surface area contributed by atoms with Gasteiger partial charge in [0.2, 0.25) is 0 Å². The summed E-state index contributed by atoms with van der Waals surface area (Å²) in [6, 6.07) is 17.7. The van der Waals surface area contributed by atoms with Gasteiger partial charge in [0, 0.05) is 23.3 Å². The molecule has 1 atom stereocenters. The molecule has 0 saturated heterocycles. The lowest BCUT2D eigenvalue weighted by molar-refractivity contribution is 0.759. The molecule has 0 aliphatic carbocycles. The fraction of sp³-hybridized carbons (Fsp3) is 0.250. The van der Waals surface area contributed by atoms with E-state index in [1.54, 1.807) is 0 Å². The van der Waals surface area contributed by atoms with Crippen LogP contribution in [0, 0.1) is 0 Å². The normalized spacial score (nSPS) is 17.9. The van der Waals surface area contributed by atoms with Gasteiger partial charge in [0.25, 0.3) is 0 Å². The number of fused-ring (bicyclic) bond motifs is 1. The van der Waals surface area contributed by atoms with Crippen LogP contribution in [0.2, 0.25) is 0 Å². The molecule has 0 aromatic heterocycles. The summed E-state index contributed by atoms with van der Waals surface area (Å²) in [5.41, 5.74) is 5.19. The number of nitrogens with zero attached hydrogens (tertiary/aromatic N) is 1. The monoisotopic (exact) mass is 257 g/mol. The van der Waals surface area contributed by atoms with Crippen LogP contribution >= 0.6 is 11.6 Å². The third kappa shape index (κ3) is 1.89. The predicted octanol–water partition coefficient (Wildman–Crippen LogP) is 4.51. The number of hydrogen-bond donors (Lipinski definition) is 0. The standard InChI is InChI=1S/C16H16ClN/c1-12-10-14-4-2-3-5-16(14)18(12)15-8-6-13(11-17)7-9-15/h2-9,12H,10-11H2,1H3. The first-order valence-electron chi connectivity index (χ1n) is 6.31. The van der Waals surface area contributed by atoms with E-state index in [2.05, 4.69) is 60.4 Å². The number of rotatable bonds is 2. The van der Waals surface area contributed by atoms with Crippen molar-refractivity contribution in [1.82, 2.24) is 0 Å². The number of para-hydroxylation sites is 1. The van der Waals surface area contributed by atoms with Gasteiger partial charge in [-0.3, -0.25) is 0 Å². The molecule has 1 unspecified atom stereocenters. The molecular formula is C16H16ClN. The molecule has 0 radical (unpaired) electrons. The van der Waals surface area contributed by atoms with E-state index in [0.29, 0.717) is 11.9 Å². The van der Waals surface area contributed by atoms with Gasteiger partial charge in [0.15, 0.2) is 0 Å². The van der Waals surface area contributed by atoms with E-state index in [9.17, 15) is 0 Å². The molecule has 0 spiro atoms.